The maximum atomic E-state index is 5.42. The lowest BCUT2D eigenvalue weighted by molar-refractivity contribution is 0.367. The van der Waals surface area contributed by atoms with Crippen LogP contribution < -0.4 is 19.5 Å². The monoisotopic (exact) mass is 407 g/mol. The summed E-state index contributed by atoms with van der Waals surface area (Å²) in [5.41, 5.74) is 0.943. The van der Waals surface area contributed by atoms with Gasteiger partial charge in [0.2, 0.25) is 0 Å². The van der Waals surface area contributed by atoms with E-state index in [0.717, 1.165) is 36.1 Å². The number of methoxy groups -OCH3 is 3. The molecule has 6 nitrogen and oxygen atoms in total. The molecule has 1 aromatic carbocycles. The SMILES string of the molecule is COc1cc(OC)c(CNC2=NCCN2C)c(OC)c1.I. The van der Waals surface area contributed by atoms with Gasteiger partial charge in [-0.25, -0.2) is 0 Å². The van der Waals surface area contributed by atoms with Crippen molar-refractivity contribution in [2.75, 3.05) is 41.5 Å². The topological polar surface area (TPSA) is 55.3 Å². The maximum Gasteiger partial charge on any atom is 0.194 e. The van der Waals surface area contributed by atoms with Crippen LogP contribution in [-0.2, 0) is 6.54 Å². The van der Waals surface area contributed by atoms with Gasteiger partial charge in [0, 0.05) is 25.7 Å². The lowest BCUT2D eigenvalue weighted by Crippen LogP contribution is -2.35. The Morgan fingerprint density at radius 2 is 1.76 bits per heavy atom. The molecule has 0 bridgehead atoms. The number of aliphatic imine (C=N–C) groups is 1. The molecule has 1 aliphatic heterocycles. The third-order valence-corrected chi connectivity index (χ3v) is 3.30. The molecule has 1 heterocycles. The summed E-state index contributed by atoms with van der Waals surface area (Å²) in [6.07, 6.45) is 0. The summed E-state index contributed by atoms with van der Waals surface area (Å²) in [5, 5.41) is 3.31. The van der Waals surface area contributed by atoms with Crippen LogP contribution in [0.5, 0.6) is 17.2 Å². The Bertz CT molecular complexity index is 483. The van der Waals surface area contributed by atoms with Crippen molar-refractivity contribution in [3.8, 4) is 17.2 Å². The molecule has 0 aliphatic carbocycles. The average Bonchev–Trinajstić information content (AvgIpc) is 2.89. The standard InChI is InChI=1S/C14H21N3O3.HI/c1-17-6-5-15-14(17)16-9-11-12(19-3)7-10(18-2)8-13(11)20-4;/h7-8H,5-6,9H2,1-4H3,(H,15,16);1H. The molecule has 1 aromatic rings. The molecule has 1 N–H and O–H groups in total. The predicted molar refractivity (Wildman–Crippen MR) is 93.3 cm³/mol. The molecule has 0 unspecified atom stereocenters. The summed E-state index contributed by atoms with van der Waals surface area (Å²) in [7, 11) is 6.91. The maximum absolute atomic E-state index is 5.42. The van der Waals surface area contributed by atoms with E-state index in [1.165, 1.54) is 0 Å². The van der Waals surface area contributed by atoms with Crippen LogP contribution in [0.3, 0.4) is 0 Å². The van der Waals surface area contributed by atoms with Crippen LogP contribution in [-0.4, -0.2) is 52.3 Å². The van der Waals surface area contributed by atoms with Gasteiger partial charge >= 0.3 is 0 Å². The first-order valence-electron chi connectivity index (χ1n) is 6.48. The van der Waals surface area contributed by atoms with Gasteiger partial charge in [-0.1, -0.05) is 0 Å². The molecule has 21 heavy (non-hydrogen) atoms. The van der Waals surface area contributed by atoms with Crippen LogP contribution in [0, 0.1) is 0 Å². The van der Waals surface area contributed by atoms with Crippen molar-refractivity contribution in [3.05, 3.63) is 17.7 Å². The highest BCUT2D eigenvalue weighted by molar-refractivity contribution is 14.0. The van der Waals surface area contributed by atoms with Gasteiger partial charge in [0.15, 0.2) is 5.96 Å². The highest BCUT2D eigenvalue weighted by Crippen LogP contribution is 2.33. The molecular formula is C14H22IN3O3. The van der Waals surface area contributed by atoms with Crippen molar-refractivity contribution in [1.29, 1.82) is 0 Å². The fraction of sp³-hybridized carbons (Fsp3) is 0.500. The van der Waals surface area contributed by atoms with E-state index in [4.69, 9.17) is 14.2 Å². The molecule has 0 atom stereocenters. The van der Waals surface area contributed by atoms with E-state index in [2.05, 4.69) is 15.2 Å². The Hall–Kier alpha value is -1.38. The molecule has 2 rings (SSSR count). The highest BCUT2D eigenvalue weighted by Gasteiger charge is 2.16. The van der Waals surface area contributed by atoms with Crippen molar-refractivity contribution in [1.82, 2.24) is 10.2 Å². The number of ether oxygens (including phenoxy) is 3. The van der Waals surface area contributed by atoms with E-state index in [1.54, 1.807) is 21.3 Å². The van der Waals surface area contributed by atoms with E-state index in [0.29, 0.717) is 12.3 Å². The minimum absolute atomic E-state index is 0. The fourth-order valence-corrected chi connectivity index (χ4v) is 2.14. The van der Waals surface area contributed by atoms with Gasteiger partial charge in [-0.2, -0.15) is 0 Å². The third kappa shape index (κ3) is 4.05. The van der Waals surface area contributed by atoms with Crippen LogP contribution in [0.25, 0.3) is 0 Å². The van der Waals surface area contributed by atoms with Crippen LogP contribution in [0.1, 0.15) is 5.56 Å². The number of halogens is 1. The molecule has 0 spiro atoms. The fourth-order valence-electron chi connectivity index (χ4n) is 2.14. The van der Waals surface area contributed by atoms with Crippen LogP contribution in [0.2, 0.25) is 0 Å². The van der Waals surface area contributed by atoms with Crippen molar-refractivity contribution in [2.45, 2.75) is 6.54 Å². The first-order valence-corrected chi connectivity index (χ1v) is 6.48. The summed E-state index contributed by atoms with van der Waals surface area (Å²) < 4.78 is 16.1. The third-order valence-electron chi connectivity index (χ3n) is 3.30. The van der Waals surface area contributed by atoms with Crippen molar-refractivity contribution in [2.24, 2.45) is 4.99 Å². The van der Waals surface area contributed by atoms with Gasteiger partial charge in [0.25, 0.3) is 0 Å². The molecule has 0 radical (unpaired) electrons. The van der Waals surface area contributed by atoms with Gasteiger partial charge in [-0.3, -0.25) is 4.99 Å². The van der Waals surface area contributed by atoms with Crippen molar-refractivity contribution >= 4 is 29.9 Å². The van der Waals surface area contributed by atoms with Gasteiger partial charge in [0.1, 0.15) is 17.2 Å². The van der Waals surface area contributed by atoms with Gasteiger partial charge in [-0.05, 0) is 0 Å². The summed E-state index contributed by atoms with van der Waals surface area (Å²) in [5.74, 6) is 3.06. The quantitative estimate of drug-likeness (QED) is 0.754. The summed E-state index contributed by atoms with van der Waals surface area (Å²) in [6.45, 7) is 2.36. The van der Waals surface area contributed by atoms with E-state index in [9.17, 15) is 0 Å². The Balaban J connectivity index is 0.00000220. The Morgan fingerprint density at radius 3 is 2.19 bits per heavy atom. The lowest BCUT2D eigenvalue weighted by Gasteiger charge is -2.18. The second-order valence-electron chi connectivity index (χ2n) is 4.49. The molecular weight excluding hydrogens is 385 g/mol. The molecule has 118 valence electrons. The number of rotatable bonds is 5. The Kier molecular flexibility index (Phi) is 6.86. The summed E-state index contributed by atoms with van der Waals surface area (Å²) in [6, 6.07) is 3.69. The number of hydrogen-bond acceptors (Lipinski definition) is 6. The summed E-state index contributed by atoms with van der Waals surface area (Å²) in [4.78, 5) is 6.49. The molecule has 7 heteroatoms. The highest BCUT2D eigenvalue weighted by atomic mass is 127. The van der Waals surface area contributed by atoms with E-state index < -0.39 is 0 Å². The largest absolute Gasteiger partial charge is 0.496 e. The zero-order chi connectivity index (χ0) is 14.5. The number of nitrogens with one attached hydrogen (secondary N) is 1. The average molecular weight is 407 g/mol. The van der Waals surface area contributed by atoms with E-state index >= 15 is 0 Å². The summed E-state index contributed by atoms with van der Waals surface area (Å²) >= 11 is 0. The van der Waals surface area contributed by atoms with Crippen molar-refractivity contribution < 1.29 is 14.2 Å². The number of likely N-dealkylation sites (N-methyl/N-ethyl adjacent to an activating group) is 1. The zero-order valence-electron chi connectivity index (χ0n) is 12.8. The second-order valence-corrected chi connectivity index (χ2v) is 4.49. The van der Waals surface area contributed by atoms with Crippen LogP contribution >= 0.6 is 24.0 Å². The lowest BCUT2D eigenvalue weighted by atomic mass is 10.1. The minimum atomic E-state index is 0. The first-order chi connectivity index (χ1) is 9.69. The number of benzene rings is 1. The number of hydrogen-bond donors (Lipinski definition) is 1. The predicted octanol–water partition coefficient (Wildman–Crippen LogP) is 1.72. The number of guanidine groups is 1. The van der Waals surface area contributed by atoms with Gasteiger partial charge < -0.3 is 24.4 Å². The molecule has 0 aromatic heterocycles. The minimum Gasteiger partial charge on any atom is -0.496 e. The molecule has 1 aliphatic rings. The molecule has 0 amide bonds. The Morgan fingerprint density at radius 1 is 1.14 bits per heavy atom. The molecule has 0 saturated carbocycles. The Labute approximate surface area is 142 Å². The molecule has 0 saturated heterocycles. The number of nitrogens with zero attached hydrogens (tertiary/aromatic N) is 2. The second kappa shape index (κ2) is 8.16. The van der Waals surface area contributed by atoms with Gasteiger partial charge in [-0.15, -0.1) is 24.0 Å². The van der Waals surface area contributed by atoms with E-state index in [-0.39, 0.29) is 24.0 Å². The first kappa shape index (κ1) is 17.7. The van der Waals surface area contributed by atoms with E-state index in [1.807, 2.05) is 19.2 Å². The van der Waals surface area contributed by atoms with Crippen LogP contribution in [0.15, 0.2) is 17.1 Å². The van der Waals surface area contributed by atoms with Gasteiger partial charge in [0.05, 0.1) is 40.0 Å². The normalized spacial score (nSPS) is 13.3. The van der Waals surface area contributed by atoms with Crippen molar-refractivity contribution in [3.63, 3.8) is 0 Å². The smallest absolute Gasteiger partial charge is 0.194 e. The van der Waals surface area contributed by atoms with Crippen LogP contribution in [0.4, 0.5) is 0 Å². The zero-order valence-corrected chi connectivity index (χ0v) is 15.1. The molecule has 0 fully saturated rings.